The van der Waals surface area contributed by atoms with Crippen molar-refractivity contribution in [2.45, 2.75) is 32.0 Å². The molecular weight excluding hydrogens is 265 g/mol. The third-order valence-electron chi connectivity index (χ3n) is 4.01. The maximum absolute atomic E-state index is 12.8. The van der Waals surface area contributed by atoms with E-state index in [-0.39, 0.29) is 19.0 Å². The molecule has 0 saturated carbocycles. The predicted octanol–water partition coefficient (Wildman–Crippen LogP) is 3.27. The number of nitrogens with two attached hydrogens (primary N) is 1. The Hall–Kier alpha value is -1.07. The van der Waals surface area contributed by atoms with E-state index < -0.39 is 12.1 Å². The molecule has 2 nitrogen and oxygen atoms in total. The lowest BCUT2D eigenvalue weighted by atomic mass is 9.95. The van der Waals surface area contributed by atoms with Crippen LogP contribution in [0.15, 0.2) is 24.3 Å². The highest BCUT2D eigenvalue weighted by Crippen LogP contribution is 2.33. The lowest BCUT2D eigenvalue weighted by Gasteiger charge is -2.35. The van der Waals surface area contributed by atoms with Crippen molar-refractivity contribution in [1.29, 1.82) is 0 Å². The van der Waals surface area contributed by atoms with Crippen molar-refractivity contribution in [3.8, 4) is 0 Å². The molecular formula is C15H21F3N2. The molecule has 2 unspecified atom stereocenters. The lowest BCUT2D eigenvalue weighted by Crippen LogP contribution is -2.44. The van der Waals surface area contributed by atoms with E-state index in [2.05, 4.69) is 0 Å². The Morgan fingerprint density at radius 3 is 2.70 bits per heavy atom. The van der Waals surface area contributed by atoms with Gasteiger partial charge < -0.3 is 10.6 Å². The standard InChI is InChI=1S/C15H21F3N2/c1-11-5-2-3-7-13(11)14(19)10-20-8-4-6-12(9-20)15(16,17)18/h2-3,5,7,12,14H,4,6,8-10,19H2,1H3. The highest BCUT2D eigenvalue weighted by atomic mass is 19.4. The summed E-state index contributed by atoms with van der Waals surface area (Å²) in [5, 5.41) is 0. The molecule has 1 fully saturated rings. The van der Waals surface area contributed by atoms with E-state index in [1.165, 1.54) is 0 Å². The van der Waals surface area contributed by atoms with Crippen molar-refractivity contribution in [2.24, 2.45) is 11.7 Å². The highest BCUT2D eigenvalue weighted by molar-refractivity contribution is 5.28. The van der Waals surface area contributed by atoms with Gasteiger partial charge in [-0.1, -0.05) is 24.3 Å². The van der Waals surface area contributed by atoms with Gasteiger partial charge in [-0.25, -0.2) is 0 Å². The van der Waals surface area contributed by atoms with Crippen LogP contribution in [0.3, 0.4) is 0 Å². The fourth-order valence-corrected chi connectivity index (χ4v) is 2.87. The number of hydrogen-bond acceptors (Lipinski definition) is 2. The minimum absolute atomic E-state index is 0.0725. The van der Waals surface area contributed by atoms with E-state index >= 15 is 0 Å². The SMILES string of the molecule is Cc1ccccc1C(N)CN1CCCC(C(F)(F)F)C1. The Labute approximate surface area is 117 Å². The molecule has 0 radical (unpaired) electrons. The van der Waals surface area contributed by atoms with Crippen molar-refractivity contribution in [1.82, 2.24) is 4.90 Å². The van der Waals surface area contributed by atoms with Gasteiger partial charge >= 0.3 is 6.18 Å². The number of alkyl halides is 3. The number of nitrogens with zero attached hydrogens (tertiary/aromatic N) is 1. The largest absolute Gasteiger partial charge is 0.393 e. The van der Waals surface area contributed by atoms with Crippen molar-refractivity contribution in [2.75, 3.05) is 19.6 Å². The fraction of sp³-hybridized carbons (Fsp3) is 0.600. The van der Waals surface area contributed by atoms with Crippen LogP contribution >= 0.6 is 0 Å². The number of piperidine rings is 1. The quantitative estimate of drug-likeness (QED) is 0.924. The molecule has 0 bridgehead atoms. The number of aryl methyl sites for hydroxylation is 1. The maximum atomic E-state index is 12.8. The van der Waals surface area contributed by atoms with Crippen molar-refractivity contribution in [3.63, 3.8) is 0 Å². The van der Waals surface area contributed by atoms with Crippen LogP contribution in [0.1, 0.15) is 30.0 Å². The van der Waals surface area contributed by atoms with Gasteiger partial charge in [0.1, 0.15) is 0 Å². The van der Waals surface area contributed by atoms with Crippen LogP contribution in [-0.4, -0.2) is 30.7 Å². The Kier molecular flexibility index (Phi) is 4.70. The second-order valence-corrected chi connectivity index (χ2v) is 5.60. The monoisotopic (exact) mass is 286 g/mol. The average Bonchev–Trinajstić information content (AvgIpc) is 2.38. The zero-order valence-electron chi connectivity index (χ0n) is 11.7. The van der Waals surface area contributed by atoms with E-state index in [0.717, 1.165) is 11.1 Å². The summed E-state index contributed by atoms with van der Waals surface area (Å²) in [6.07, 6.45) is -3.27. The van der Waals surface area contributed by atoms with Gasteiger partial charge in [0, 0.05) is 19.1 Å². The van der Waals surface area contributed by atoms with E-state index in [4.69, 9.17) is 5.73 Å². The van der Waals surface area contributed by atoms with Crippen LogP contribution in [0.5, 0.6) is 0 Å². The molecule has 0 amide bonds. The van der Waals surface area contributed by atoms with Crippen LogP contribution in [0, 0.1) is 12.8 Å². The van der Waals surface area contributed by atoms with Gasteiger partial charge in [-0.15, -0.1) is 0 Å². The van der Waals surface area contributed by atoms with Gasteiger partial charge in [-0.05, 0) is 37.4 Å². The summed E-state index contributed by atoms with van der Waals surface area (Å²) in [5.41, 5.74) is 8.26. The molecule has 20 heavy (non-hydrogen) atoms. The zero-order chi connectivity index (χ0) is 14.8. The minimum atomic E-state index is -4.09. The van der Waals surface area contributed by atoms with E-state index in [1.54, 1.807) is 0 Å². The van der Waals surface area contributed by atoms with Gasteiger partial charge in [-0.2, -0.15) is 13.2 Å². The molecule has 2 N–H and O–H groups in total. The van der Waals surface area contributed by atoms with Crippen molar-refractivity contribution < 1.29 is 13.2 Å². The smallest absolute Gasteiger partial charge is 0.323 e. The van der Waals surface area contributed by atoms with Crippen LogP contribution < -0.4 is 5.73 Å². The molecule has 2 rings (SSSR count). The molecule has 1 aromatic carbocycles. The Bertz CT molecular complexity index is 445. The predicted molar refractivity (Wildman–Crippen MR) is 73.3 cm³/mol. The number of hydrogen-bond donors (Lipinski definition) is 1. The van der Waals surface area contributed by atoms with Crippen LogP contribution in [0.4, 0.5) is 13.2 Å². The van der Waals surface area contributed by atoms with Gasteiger partial charge in [0.2, 0.25) is 0 Å². The topological polar surface area (TPSA) is 29.3 Å². The summed E-state index contributed by atoms with van der Waals surface area (Å²) in [4.78, 5) is 1.85. The Morgan fingerprint density at radius 2 is 2.05 bits per heavy atom. The third kappa shape index (κ3) is 3.73. The second-order valence-electron chi connectivity index (χ2n) is 5.60. The molecule has 112 valence electrons. The first-order chi connectivity index (χ1) is 9.38. The van der Waals surface area contributed by atoms with E-state index in [0.29, 0.717) is 19.5 Å². The Balaban J connectivity index is 1.98. The molecule has 2 atom stereocenters. The number of benzene rings is 1. The molecule has 0 aromatic heterocycles. The summed E-state index contributed by atoms with van der Waals surface area (Å²) in [6, 6.07) is 7.54. The Morgan fingerprint density at radius 1 is 1.35 bits per heavy atom. The minimum Gasteiger partial charge on any atom is -0.323 e. The first-order valence-corrected chi connectivity index (χ1v) is 6.98. The van der Waals surface area contributed by atoms with Gasteiger partial charge in [-0.3, -0.25) is 0 Å². The third-order valence-corrected chi connectivity index (χ3v) is 4.01. The van der Waals surface area contributed by atoms with Gasteiger partial charge in [0.05, 0.1) is 5.92 Å². The number of rotatable bonds is 3. The molecule has 1 aromatic rings. The van der Waals surface area contributed by atoms with Crippen molar-refractivity contribution >= 4 is 0 Å². The van der Waals surface area contributed by atoms with Crippen LogP contribution in [-0.2, 0) is 0 Å². The molecule has 5 heteroatoms. The summed E-state index contributed by atoms with van der Waals surface area (Å²) < 4.78 is 38.3. The molecule has 1 heterocycles. The first kappa shape index (κ1) is 15.3. The average molecular weight is 286 g/mol. The summed E-state index contributed by atoms with van der Waals surface area (Å²) in [6.45, 7) is 3.23. The maximum Gasteiger partial charge on any atom is 0.393 e. The number of halogens is 3. The van der Waals surface area contributed by atoms with Crippen molar-refractivity contribution in [3.05, 3.63) is 35.4 Å². The van der Waals surface area contributed by atoms with Gasteiger partial charge in [0.15, 0.2) is 0 Å². The molecule has 1 aliphatic rings. The first-order valence-electron chi connectivity index (χ1n) is 6.98. The molecule has 1 aliphatic heterocycles. The van der Waals surface area contributed by atoms with Crippen LogP contribution in [0.25, 0.3) is 0 Å². The van der Waals surface area contributed by atoms with E-state index in [9.17, 15) is 13.2 Å². The number of likely N-dealkylation sites (tertiary alicyclic amines) is 1. The second kappa shape index (κ2) is 6.14. The van der Waals surface area contributed by atoms with Gasteiger partial charge in [0.25, 0.3) is 0 Å². The lowest BCUT2D eigenvalue weighted by molar-refractivity contribution is -0.186. The van der Waals surface area contributed by atoms with E-state index in [1.807, 2.05) is 36.1 Å². The summed E-state index contributed by atoms with van der Waals surface area (Å²) in [7, 11) is 0. The molecule has 1 saturated heterocycles. The zero-order valence-corrected chi connectivity index (χ0v) is 11.7. The highest BCUT2D eigenvalue weighted by Gasteiger charge is 2.41. The molecule has 0 aliphatic carbocycles. The summed E-state index contributed by atoms with van der Waals surface area (Å²) in [5.74, 6) is -1.21. The normalized spacial score (nSPS) is 22.8. The molecule has 0 spiro atoms. The summed E-state index contributed by atoms with van der Waals surface area (Å²) >= 11 is 0. The van der Waals surface area contributed by atoms with Crippen LogP contribution in [0.2, 0.25) is 0 Å². The fourth-order valence-electron chi connectivity index (χ4n) is 2.87.